The van der Waals surface area contributed by atoms with Gasteiger partial charge in [-0.05, 0) is 30.3 Å². The van der Waals surface area contributed by atoms with E-state index in [2.05, 4.69) is 21.4 Å². The summed E-state index contributed by atoms with van der Waals surface area (Å²) in [7, 11) is 1.36. The third-order valence-corrected chi connectivity index (χ3v) is 4.56. The minimum atomic E-state index is -0.374. The Bertz CT molecular complexity index is 1240. The molecule has 3 aromatic carbocycles. The van der Waals surface area contributed by atoms with Gasteiger partial charge in [-0.3, -0.25) is 0 Å². The van der Waals surface area contributed by atoms with Crippen LogP contribution in [0.1, 0.15) is 15.9 Å². The molecule has 5 nitrogen and oxygen atoms in total. The SMILES string of the molecule is C#Cc1cccc(Nc2nnc(-c3ccc(C(=O)OC)cc3)c3ccccc23)c1. The van der Waals surface area contributed by atoms with Crippen LogP contribution < -0.4 is 5.32 Å². The Morgan fingerprint density at radius 2 is 1.72 bits per heavy atom. The van der Waals surface area contributed by atoms with Crippen LogP contribution >= 0.6 is 0 Å². The zero-order chi connectivity index (χ0) is 20.2. The molecule has 0 unspecified atom stereocenters. The average Bonchev–Trinajstić information content (AvgIpc) is 2.79. The monoisotopic (exact) mass is 379 g/mol. The molecule has 140 valence electrons. The molecule has 0 aliphatic heterocycles. The van der Waals surface area contributed by atoms with Crippen LogP contribution in [-0.2, 0) is 4.74 Å². The number of benzene rings is 3. The maximum Gasteiger partial charge on any atom is 0.337 e. The summed E-state index contributed by atoms with van der Waals surface area (Å²) in [5.74, 6) is 2.90. The second-order valence-electron chi connectivity index (χ2n) is 6.36. The zero-order valence-electron chi connectivity index (χ0n) is 15.7. The predicted molar refractivity (Wildman–Crippen MR) is 114 cm³/mol. The summed E-state index contributed by atoms with van der Waals surface area (Å²) < 4.78 is 4.75. The van der Waals surface area contributed by atoms with Crippen LogP contribution in [0.4, 0.5) is 11.5 Å². The summed E-state index contributed by atoms with van der Waals surface area (Å²) in [4.78, 5) is 11.7. The zero-order valence-corrected chi connectivity index (χ0v) is 15.7. The van der Waals surface area contributed by atoms with Gasteiger partial charge in [-0.25, -0.2) is 4.79 Å². The Hall–Kier alpha value is -4.17. The van der Waals surface area contributed by atoms with Crippen LogP contribution in [0.3, 0.4) is 0 Å². The predicted octanol–water partition coefficient (Wildman–Crippen LogP) is 4.81. The Kier molecular flexibility index (Phi) is 4.91. The van der Waals surface area contributed by atoms with Crippen molar-refractivity contribution in [1.82, 2.24) is 10.2 Å². The van der Waals surface area contributed by atoms with Crippen LogP contribution in [0, 0.1) is 12.3 Å². The van der Waals surface area contributed by atoms with Gasteiger partial charge in [0.1, 0.15) is 5.69 Å². The van der Waals surface area contributed by atoms with Gasteiger partial charge in [-0.15, -0.1) is 16.6 Å². The highest BCUT2D eigenvalue weighted by Crippen LogP contribution is 2.31. The first kappa shape index (κ1) is 18.2. The van der Waals surface area contributed by atoms with Crippen molar-refractivity contribution < 1.29 is 9.53 Å². The molecule has 0 saturated carbocycles. The van der Waals surface area contributed by atoms with Crippen molar-refractivity contribution in [2.24, 2.45) is 0 Å². The van der Waals surface area contributed by atoms with Gasteiger partial charge in [0.2, 0.25) is 0 Å². The van der Waals surface area contributed by atoms with Crippen molar-refractivity contribution in [1.29, 1.82) is 0 Å². The maximum absolute atomic E-state index is 11.7. The van der Waals surface area contributed by atoms with E-state index in [0.717, 1.165) is 33.3 Å². The molecule has 0 spiro atoms. The number of carbonyl (C=O) groups is 1. The summed E-state index contributed by atoms with van der Waals surface area (Å²) >= 11 is 0. The van der Waals surface area contributed by atoms with E-state index in [4.69, 9.17) is 11.2 Å². The van der Waals surface area contributed by atoms with E-state index in [9.17, 15) is 4.79 Å². The van der Waals surface area contributed by atoms with E-state index in [0.29, 0.717) is 11.4 Å². The molecule has 1 N–H and O–H groups in total. The molecule has 0 atom stereocenters. The maximum atomic E-state index is 11.7. The second-order valence-corrected chi connectivity index (χ2v) is 6.36. The minimum absolute atomic E-state index is 0.374. The van der Waals surface area contributed by atoms with Gasteiger partial charge in [-0.1, -0.05) is 48.4 Å². The van der Waals surface area contributed by atoms with E-state index in [1.807, 2.05) is 60.7 Å². The topological polar surface area (TPSA) is 64.1 Å². The van der Waals surface area contributed by atoms with Crippen molar-refractivity contribution >= 4 is 28.2 Å². The molecule has 4 rings (SSSR count). The van der Waals surface area contributed by atoms with Crippen molar-refractivity contribution in [2.45, 2.75) is 0 Å². The lowest BCUT2D eigenvalue weighted by Crippen LogP contribution is -2.01. The number of nitrogens with one attached hydrogen (secondary N) is 1. The number of esters is 1. The lowest BCUT2D eigenvalue weighted by atomic mass is 10.0. The molecule has 1 heterocycles. The first-order chi connectivity index (χ1) is 14.2. The fraction of sp³-hybridized carbons (Fsp3) is 0.0417. The molecule has 1 aromatic heterocycles. The van der Waals surface area contributed by atoms with Crippen LogP contribution in [0.2, 0.25) is 0 Å². The van der Waals surface area contributed by atoms with Crippen molar-refractivity contribution in [2.75, 3.05) is 12.4 Å². The van der Waals surface area contributed by atoms with E-state index < -0.39 is 0 Å². The average molecular weight is 379 g/mol. The van der Waals surface area contributed by atoms with Crippen molar-refractivity contribution in [3.05, 3.63) is 83.9 Å². The summed E-state index contributed by atoms with van der Waals surface area (Å²) in [6.07, 6.45) is 5.49. The highest BCUT2D eigenvalue weighted by Gasteiger charge is 2.12. The van der Waals surface area contributed by atoms with Gasteiger partial charge in [0.15, 0.2) is 5.82 Å². The molecule has 0 fully saturated rings. The molecule has 0 bridgehead atoms. The van der Waals surface area contributed by atoms with E-state index in [-0.39, 0.29) is 5.97 Å². The molecule has 0 amide bonds. The van der Waals surface area contributed by atoms with E-state index >= 15 is 0 Å². The molecule has 0 radical (unpaired) electrons. The lowest BCUT2D eigenvalue weighted by Gasteiger charge is -2.11. The number of hydrogen-bond acceptors (Lipinski definition) is 5. The Morgan fingerprint density at radius 3 is 2.45 bits per heavy atom. The van der Waals surface area contributed by atoms with Gasteiger partial charge >= 0.3 is 5.97 Å². The van der Waals surface area contributed by atoms with Gasteiger partial charge in [0.25, 0.3) is 0 Å². The number of rotatable bonds is 4. The lowest BCUT2D eigenvalue weighted by molar-refractivity contribution is 0.0601. The summed E-state index contributed by atoms with van der Waals surface area (Å²) in [6, 6.07) is 22.6. The largest absolute Gasteiger partial charge is 0.465 e. The van der Waals surface area contributed by atoms with Crippen LogP contribution in [0.5, 0.6) is 0 Å². The third kappa shape index (κ3) is 3.64. The molecule has 0 saturated heterocycles. The van der Waals surface area contributed by atoms with Gasteiger partial charge < -0.3 is 10.1 Å². The number of ether oxygens (including phenoxy) is 1. The van der Waals surface area contributed by atoms with E-state index in [1.165, 1.54) is 7.11 Å². The first-order valence-corrected chi connectivity index (χ1v) is 8.97. The Morgan fingerprint density at radius 1 is 0.966 bits per heavy atom. The number of methoxy groups -OCH3 is 1. The minimum Gasteiger partial charge on any atom is -0.465 e. The van der Waals surface area contributed by atoms with Crippen LogP contribution in [-0.4, -0.2) is 23.3 Å². The smallest absolute Gasteiger partial charge is 0.337 e. The summed E-state index contributed by atoms with van der Waals surface area (Å²) in [6.45, 7) is 0. The summed E-state index contributed by atoms with van der Waals surface area (Å²) in [5.41, 5.74) is 3.71. The second kappa shape index (κ2) is 7.83. The quantitative estimate of drug-likeness (QED) is 0.407. The first-order valence-electron chi connectivity index (χ1n) is 8.97. The third-order valence-electron chi connectivity index (χ3n) is 4.56. The van der Waals surface area contributed by atoms with Gasteiger partial charge in [-0.2, -0.15) is 0 Å². The molecule has 29 heavy (non-hydrogen) atoms. The Labute approximate surface area is 168 Å². The molecule has 4 aromatic rings. The number of nitrogens with zero attached hydrogens (tertiary/aromatic N) is 2. The van der Waals surface area contributed by atoms with E-state index in [1.54, 1.807) is 12.1 Å². The number of anilines is 2. The fourth-order valence-electron chi connectivity index (χ4n) is 3.11. The molecule has 0 aliphatic rings. The number of fused-ring (bicyclic) bond motifs is 1. The number of hydrogen-bond donors (Lipinski definition) is 1. The highest BCUT2D eigenvalue weighted by atomic mass is 16.5. The molecule has 0 aliphatic carbocycles. The highest BCUT2D eigenvalue weighted by molar-refractivity contribution is 6.01. The summed E-state index contributed by atoms with van der Waals surface area (Å²) in [5, 5.41) is 14.0. The molecular formula is C24H17N3O2. The van der Waals surface area contributed by atoms with Crippen LogP contribution in [0.25, 0.3) is 22.0 Å². The van der Waals surface area contributed by atoms with Crippen molar-refractivity contribution in [3.63, 3.8) is 0 Å². The normalized spacial score (nSPS) is 10.3. The van der Waals surface area contributed by atoms with Gasteiger partial charge in [0.05, 0.1) is 12.7 Å². The van der Waals surface area contributed by atoms with Crippen molar-refractivity contribution in [3.8, 4) is 23.6 Å². The molecular weight excluding hydrogens is 362 g/mol. The number of aromatic nitrogens is 2. The molecule has 5 heteroatoms. The number of carbonyl (C=O) groups excluding carboxylic acids is 1. The van der Waals surface area contributed by atoms with Gasteiger partial charge in [0, 0.05) is 27.6 Å². The van der Waals surface area contributed by atoms with Crippen LogP contribution in [0.15, 0.2) is 72.8 Å². The Balaban J connectivity index is 1.76. The fourth-order valence-corrected chi connectivity index (χ4v) is 3.11. The standard InChI is InChI=1S/C24H17N3O2/c1-3-16-7-6-8-19(15-16)25-23-21-10-5-4-9-20(21)22(26-27-23)17-11-13-18(14-12-17)24(28)29-2/h1,4-15H,2H3,(H,25,27). The number of terminal acetylenes is 1.